The molecule has 0 unspecified atom stereocenters. The first-order valence-corrected chi connectivity index (χ1v) is 7.98. The molecule has 1 saturated heterocycles. The molecule has 1 aliphatic rings. The fourth-order valence-corrected chi connectivity index (χ4v) is 2.91. The average Bonchev–Trinajstić information content (AvgIpc) is 2.54. The lowest BCUT2D eigenvalue weighted by molar-refractivity contribution is -0.137. The smallest absolute Gasteiger partial charge is 0.319 e. The molecule has 1 atom stereocenters. The van der Waals surface area contributed by atoms with Crippen molar-refractivity contribution in [3.8, 4) is 0 Å². The summed E-state index contributed by atoms with van der Waals surface area (Å²) in [6.45, 7) is 1.98. The number of nitrogens with zero attached hydrogens (tertiary/aromatic N) is 4. The zero-order chi connectivity index (χ0) is 17.9. The van der Waals surface area contributed by atoms with Crippen LogP contribution in [0.2, 0.25) is 0 Å². The molecule has 132 valence electrons. The van der Waals surface area contributed by atoms with Gasteiger partial charge in [0.05, 0.1) is 0 Å². The molecule has 0 N–H and O–H groups in total. The van der Waals surface area contributed by atoms with Crippen LogP contribution in [0, 0.1) is 5.82 Å². The van der Waals surface area contributed by atoms with Gasteiger partial charge in [-0.3, -0.25) is 9.69 Å². The van der Waals surface area contributed by atoms with E-state index in [2.05, 4.69) is 0 Å². The molecule has 0 aromatic heterocycles. The summed E-state index contributed by atoms with van der Waals surface area (Å²) in [5.74, 6) is -0.420. The van der Waals surface area contributed by atoms with Crippen LogP contribution in [0.4, 0.5) is 9.18 Å². The van der Waals surface area contributed by atoms with Gasteiger partial charge in [0, 0.05) is 40.3 Å². The number of carbonyl (C=O) groups excluding carboxylic acids is 2. The molecular weight excluding hydrogens is 311 g/mol. The first kappa shape index (κ1) is 18.2. The monoisotopic (exact) mass is 336 g/mol. The molecule has 1 aliphatic heterocycles. The molecule has 1 aromatic carbocycles. The predicted octanol–water partition coefficient (Wildman–Crippen LogP) is 1.25. The van der Waals surface area contributed by atoms with Crippen LogP contribution in [-0.4, -0.2) is 85.9 Å². The van der Waals surface area contributed by atoms with Crippen molar-refractivity contribution in [2.24, 2.45) is 0 Å². The van der Waals surface area contributed by atoms with Crippen molar-refractivity contribution in [2.75, 3.05) is 54.4 Å². The maximum Gasteiger partial charge on any atom is 0.319 e. The molecular formula is C17H25FN4O2. The van der Waals surface area contributed by atoms with Crippen LogP contribution in [-0.2, 0) is 4.79 Å². The Hall–Kier alpha value is -2.15. The van der Waals surface area contributed by atoms with Crippen LogP contribution >= 0.6 is 0 Å². The number of benzene rings is 1. The molecule has 1 heterocycles. The summed E-state index contributed by atoms with van der Waals surface area (Å²) < 4.78 is 13.5. The van der Waals surface area contributed by atoms with Crippen molar-refractivity contribution < 1.29 is 14.0 Å². The summed E-state index contributed by atoms with van der Waals surface area (Å²) in [6, 6.07) is 5.56. The summed E-state index contributed by atoms with van der Waals surface area (Å²) >= 11 is 0. The molecule has 1 fully saturated rings. The third-order valence-electron chi connectivity index (χ3n) is 4.16. The molecule has 0 radical (unpaired) electrons. The standard InChI is InChI=1S/C17H25FN4O2/c1-19(2)15(13-6-5-7-14(18)12-13)16(23)21-8-10-22(11-9-21)17(24)20(3)4/h5-7,12,15H,8-11H2,1-4H3/t15-/m1/s1. The Labute approximate surface area is 142 Å². The molecule has 7 heteroatoms. The zero-order valence-corrected chi connectivity index (χ0v) is 14.7. The summed E-state index contributed by atoms with van der Waals surface area (Å²) in [6.07, 6.45) is 0. The fraction of sp³-hybridized carbons (Fsp3) is 0.529. The van der Waals surface area contributed by atoms with Gasteiger partial charge < -0.3 is 14.7 Å². The summed E-state index contributed by atoms with van der Waals surface area (Å²) in [5, 5.41) is 0. The largest absolute Gasteiger partial charge is 0.337 e. The van der Waals surface area contributed by atoms with E-state index in [4.69, 9.17) is 0 Å². The number of piperazine rings is 1. The number of hydrogen-bond acceptors (Lipinski definition) is 3. The van der Waals surface area contributed by atoms with Gasteiger partial charge in [-0.15, -0.1) is 0 Å². The van der Waals surface area contributed by atoms with Gasteiger partial charge in [0.15, 0.2) is 0 Å². The van der Waals surface area contributed by atoms with E-state index in [9.17, 15) is 14.0 Å². The van der Waals surface area contributed by atoms with E-state index in [-0.39, 0.29) is 17.8 Å². The quantitative estimate of drug-likeness (QED) is 0.835. The third kappa shape index (κ3) is 4.03. The van der Waals surface area contributed by atoms with Gasteiger partial charge in [0.2, 0.25) is 5.91 Å². The van der Waals surface area contributed by atoms with Crippen molar-refractivity contribution in [3.05, 3.63) is 35.6 Å². The average molecular weight is 336 g/mol. The van der Waals surface area contributed by atoms with Gasteiger partial charge in [0.25, 0.3) is 0 Å². The van der Waals surface area contributed by atoms with E-state index < -0.39 is 6.04 Å². The second kappa shape index (κ2) is 7.61. The van der Waals surface area contributed by atoms with Crippen LogP contribution in [0.25, 0.3) is 0 Å². The van der Waals surface area contributed by atoms with Crippen molar-refractivity contribution in [1.29, 1.82) is 0 Å². The second-order valence-corrected chi connectivity index (χ2v) is 6.41. The maximum atomic E-state index is 13.5. The van der Waals surface area contributed by atoms with Gasteiger partial charge in [0.1, 0.15) is 11.9 Å². The number of rotatable bonds is 3. The Bertz CT molecular complexity index is 598. The molecule has 0 saturated carbocycles. The van der Waals surface area contributed by atoms with Gasteiger partial charge in [-0.25, -0.2) is 9.18 Å². The van der Waals surface area contributed by atoms with E-state index in [1.165, 1.54) is 17.0 Å². The highest BCUT2D eigenvalue weighted by atomic mass is 19.1. The molecule has 1 aromatic rings. The normalized spacial score (nSPS) is 16.2. The van der Waals surface area contributed by atoms with Crippen molar-refractivity contribution in [1.82, 2.24) is 19.6 Å². The van der Waals surface area contributed by atoms with Gasteiger partial charge in [-0.2, -0.15) is 0 Å². The number of urea groups is 1. The summed E-state index contributed by atoms with van der Waals surface area (Å²) in [5.41, 5.74) is 0.636. The van der Waals surface area contributed by atoms with E-state index in [0.29, 0.717) is 31.7 Å². The Balaban J connectivity index is 2.08. The summed E-state index contributed by atoms with van der Waals surface area (Å²) in [7, 11) is 7.04. The fourth-order valence-electron chi connectivity index (χ4n) is 2.91. The Morgan fingerprint density at radius 3 is 2.12 bits per heavy atom. The Morgan fingerprint density at radius 2 is 1.62 bits per heavy atom. The first-order chi connectivity index (χ1) is 11.3. The molecule has 3 amide bonds. The SMILES string of the molecule is CN(C)C(=O)N1CCN(C(=O)[C@@H](c2cccc(F)c2)N(C)C)CC1. The van der Waals surface area contributed by atoms with E-state index in [0.717, 1.165) is 0 Å². The minimum atomic E-state index is -0.531. The highest BCUT2D eigenvalue weighted by Gasteiger charge is 2.31. The van der Waals surface area contributed by atoms with Crippen LogP contribution in [0.15, 0.2) is 24.3 Å². The third-order valence-corrected chi connectivity index (χ3v) is 4.16. The number of amides is 3. The lowest BCUT2D eigenvalue weighted by Crippen LogP contribution is -2.54. The molecule has 0 aliphatic carbocycles. The van der Waals surface area contributed by atoms with Gasteiger partial charge in [-0.05, 0) is 31.8 Å². The van der Waals surface area contributed by atoms with E-state index in [1.807, 2.05) is 0 Å². The van der Waals surface area contributed by atoms with Gasteiger partial charge >= 0.3 is 6.03 Å². The lowest BCUT2D eigenvalue weighted by Gasteiger charge is -2.38. The molecule has 0 bridgehead atoms. The maximum absolute atomic E-state index is 13.5. The topological polar surface area (TPSA) is 47.1 Å². The molecule has 2 rings (SSSR count). The molecule has 0 spiro atoms. The first-order valence-electron chi connectivity index (χ1n) is 7.98. The van der Waals surface area contributed by atoms with Gasteiger partial charge in [-0.1, -0.05) is 12.1 Å². The van der Waals surface area contributed by atoms with Crippen LogP contribution in [0.3, 0.4) is 0 Å². The van der Waals surface area contributed by atoms with Crippen LogP contribution in [0.5, 0.6) is 0 Å². The van der Waals surface area contributed by atoms with Crippen molar-refractivity contribution in [2.45, 2.75) is 6.04 Å². The van der Waals surface area contributed by atoms with Crippen LogP contribution in [0.1, 0.15) is 11.6 Å². The zero-order valence-electron chi connectivity index (χ0n) is 14.7. The molecule has 6 nitrogen and oxygen atoms in total. The van der Waals surface area contributed by atoms with E-state index >= 15 is 0 Å². The number of hydrogen-bond donors (Lipinski definition) is 0. The van der Waals surface area contributed by atoms with Crippen LogP contribution < -0.4 is 0 Å². The Kier molecular flexibility index (Phi) is 5.77. The second-order valence-electron chi connectivity index (χ2n) is 6.41. The predicted molar refractivity (Wildman–Crippen MR) is 90.1 cm³/mol. The van der Waals surface area contributed by atoms with Crippen molar-refractivity contribution in [3.63, 3.8) is 0 Å². The Morgan fingerprint density at radius 1 is 1.04 bits per heavy atom. The van der Waals surface area contributed by atoms with Crippen molar-refractivity contribution >= 4 is 11.9 Å². The number of halogens is 1. The minimum Gasteiger partial charge on any atom is -0.337 e. The summed E-state index contributed by atoms with van der Waals surface area (Å²) in [4.78, 5) is 31.7. The highest BCUT2D eigenvalue weighted by Crippen LogP contribution is 2.22. The number of likely N-dealkylation sites (N-methyl/N-ethyl adjacent to an activating group) is 1. The highest BCUT2D eigenvalue weighted by molar-refractivity contribution is 5.83. The minimum absolute atomic E-state index is 0.0450. The van der Waals surface area contributed by atoms with E-state index in [1.54, 1.807) is 55.0 Å². The molecule has 24 heavy (non-hydrogen) atoms. The number of carbonyl (C=O) groups is 2. The lowest BCUT2D eigenvalue weighted by atomic mass is 10.0.